The van der Waals surface area contributed by atoms with Gasteiger partial charge in [-0.1, -0.05) is 23.2 Å². The zero-order chi connectivity index (χ0) is 14.7. The quantitative estimate of drug-likeness (QED) is 0.683. The number of benzene rings is 1. The molecule has 0 bridgehead atoms. The molecule has 20 heavy (non-hydrogen) atoms. The molecule has 1 heterocycles. The lowest BCUT2D eigenvalue weighted by Crippen LogP contribution is -2.39. The zero-order valence-electron chi connectivity index (χ0n) is 11.2. The van der Waals surface area contributed by atoms with E-state index in [0.717, 1.165) is 32.5 Å². The largest absolute Gasteiger partial charge is 0.366 e. The number of hydrogen-bond donors (Lipinski definition) is 1. The maximum atomic E-state index is 11.2. The Hall–Kier alpha value is -1.04. The maximum absolute atomic E-state index is 11.2. The molecular weight excluding hydrogens is 301 g/mol. The van der Waals surface area contributed by atoms with E-state index >= 15 is 0 Å². The van der Waals surface area contributed by atoms with Gasteiger partial charge in [-0.2, -0.15) is 0 Å². The Morgan fingerprint density at radius 1 is 1.45 bits per heavy atom. The smallest absolute Gasteiger partial charge is 0.294 e. The van der Waals surface area contributed by atoms with Gasteiger partial charge in [0.15, 0.2) is 0 Å². The van der Waals surface area contributed by atoms with Crippen molar-refractivity contribution in [2.75, 3.05) is 31.6 Å². The second-order valence-corrected chi connectivity index (χ2v) is 5.84. The number of piperidine rings is 1. The van der Waals surface area contributed by atoms with Crippen molar-refractivity contribution < 1.29 is 4.92 Å². The van der Waals surface area contributed by atoms with Crippen molar-refractivity contribution in [2.45, 2.75) is 12.8 Å². The van der Waals surface area contributed by atoms with Crippen molar-refractivity contribution in [2.24, 2.45) is 5.92 Å². The minimum absolute atomic E-state index is 0.0181. The molecule has 1 saturated heterocycles. The van der Waals surface area contributed by atoms with Gasteiger partial charge in [-0.05, 0) is 38.4 Å². The summed E-state index contributed by atoms with van der Waals surface area (Å²) in [5.41, 5.74) is 0.578. The molecule has 0 amide bonds. The number of halogens is 2. The molecule has 1 aliphatic rings. The van der Waals surface area contributed by atoms with Gasteiger partial charge in [0.25, 0.3) is 5.69 Å². The average molecular weight is 318 g/mol. The second kappa shape index (κ2) is 6.61. The number of nitro groups is 1. The molecule has 0 radical (unpaired) electrons. The topological polar surface area (TPSA) is 58.4 Å². The summed E-state index contributed by atoms with van der Waals surface area (Å²) < 4.78 is 0. The first-order chi connectivity index (χ1) is 9.52. The summed E-state index contributed by atoms with van der Waals surface area (Å²) >= 11 is 11.9. The summed E-state index contributed by atoms with van der Waals surface area (Å²) in [6, 6.07) is 2.94. The van der Waals surface area contributed by atoms with Gasteiger partial charge in [-0.3, -0.25) is 10.1 Å². The molecule has 5 nitrogen and oxygen atoms in total. The van der Waals surface area contributed by atoms with Crippen LogP contribution in [0.3, 0.4) is 0 Å². The lowest BCUT2D eigenvalue weighted by atomic mass is 9.97. The molecular formula is C13H17Cl2N3O2. The van der Waals surface area contributed by atoms with E-state index in [9.17, 15) is 10.1 Å². The third-order valence-corrected chi connectivity index (χ3v) is 4.29. The van der Waals surface area contributed by atoms with Crippen LogP contribution in [0.25, 0.3) is 0 Å². The second-order valence-electron chi connectivity index (χ2n) is 5.02. The van der Waals surface area contributed by atoms with Gasteiger partial charge in [0, 0.05) is 19.2 Å². The molecule has 1 aromatic rings. The van der Waals surface area contributed by atoms with Crippen molar-refractivity contribution in [1.82, 2.24) is 5.32 Å². The standard InChI is InChI=1S/C13H17Cl2N3O2/c1-16-7-9-3-2-4-17(8-9)12-5-10(14)11(15)6-13(12)18(19)20/h5-6,9,16H,2-4,7-8H2,1H3. The number of anilines is 1. The SMILES string of the molecule is CNCC1CCCN(c2cc(Cl)c(Cl)cc2[N+](=O)[O-])C1. The number of nitrogens with zero attached hydrogens (tertiary/aromatic N) is 2. The van der Waals surface area contributed by atoms with Crippen molar-refractivity contribution >= 4 is 34.6 Å². The first kappa shape index (κ1) is 15.4. The van der Waals surface area contributed by atoms with Crippen LogP contribution in [-0.2, 0) is 0 Å². The van der Waals surface area contributed by atoms with Gasteiger partial charge >= 0.3 is 0 Å². The highest BCUT2D eigenvalue weighted by molar-refractivity contribution is 6.42. The van der Waals surface area contributed by atoms with Crippen LogP contribution >= 0.6 is 23.2 Å². The fourth-order valence-corrected chi connectivity index (χ4v) is 2.98. The molecule has 1 atom stereocenters. The predicted molar refractivity (Wildman–Crippen MR) is 82.0 cm³/mol. The molecule has 0 spiro atoms. The van der Waals surface area contributed by atoms with Crippen molar-refractivity contribution in [3.8, 4) is 0 Å². The fourth-order valence-electron chi connectivity index (χ4n) is 2.66. The normalized spacial score (nSPS) is 19.1. The minimum atomic E-state index is -0.404. The predicted octanol–water partition coefficient (Wildman–Crippen LogP) is 3.34. The lowest BCUT2D eigenvalue weighted by molar-refractivity contribution is -0.384. The van der Waals surface area contributed by atoms with Gasteiger partial charge < -0.3 is 10.2 Å². The molecule has 1 aliphatic heterocycles. The van der Waals surface area contributed by atoms with E-state index in [4.69, 9.17) is 23.2 Å². The molecule has 1 aromatic carbocycles. The van der Waals surface area contributed by atoms with Crippen molar-refractivity contribution in [1.29, 1.82) is 0 Å². The first-order valence-electron chi connectivity index (χ1n) is 6.56. The molecule has 1 N–H and O–H groups in total. The molecule has 0 aliphatic carbocycles. The summed E-state index contributed by atoms with van der Waals surface area (Å²) in [7, 11) is 1.92. The van der Waals surface area contributed by atoms with Gasteiger partial charge in [0.05, 0.1) is 15.0 Å². The van der Waals surface area contributed by atoms with E-state index in [-0.39, 0.29) is 10.7 Å². The third-order valence-electron chi connectivity index (χ3n) is 3.57. The number of hydrogen-bond acceptors (Lipinski definition) is 4. The Bertz CT molecular complexity index is 509. The third kappa shape index (κ3) is 3.34. The summed E-state index contributed by atoms with van der Waals surface area (Å²) in [5, 5.41) is 14.9. The van der Waals surface area contributed by atoms with Crippen LogP contribution in [0.2, 0.25) is 10.0 Å². The summed E-state index contributed by atoms with van der Waals surface area (Å²) in [4.78, 5) is 12.8. The molecule has 2 rings (SSSR count). The van der Waals surface area contributed by atoms with Crippen LogP contribution in [-0.4, -0.2) is 31.6 Å². The summed E-state index contributed by atoms with van der Waals surface area (Å²) in [6.07, 6.45) is 2.15. The van der Waals surface area contributed by atoms with Crippen LogP contribution in [0.1, 0.15) is 12.8 Å². The summed E-state index contributed by atoms with van der Waals surface area (Å²) in [6.45, 7) is 2.50. The average Bonchev–Trinajstić information content (AvgIpc) is 2.42. The fraction of sp³-hybridized carbons (Fsp3) is 0.538. The molecule has 110 valence electrons. The highest BCUT2D eigenvalue weighted by Gasteiger charge is 2.26. The summed E-state index contributed by atoms with van der Waals surface area (Å²) in [5.74, 6) is 0.489. The van der Waals surface area contributed by atoms with Crippen LogP contribution in [0.4, 0.5) is 11.4 Å². The van der Waals surface area contributed by atoms with Gasteiger partial charge in [-0.25, -0.2) is 0 Å². The van der Waals surface area contributed by atoms with Crippen molar-refractivity contribution in [3.63, 3.8) is 0 Å². The van der Waals surface area contributed by atoms with E-state index in [1.54, 1.807) is 6.07 Å². The molecule has 0 saturated carbocycles. The van der Waals surface area contributed by atoms with E-state index in [0.29, 0.717) is 16.6 Å². The number of rotatable bonds is 4. The van der Waals surface area contributed by atoms with Gasteiger partial charge in [0.1, 0.15) is 5.69 Å². The zero-order valence-corrected chi connectivity index (χ0v) is 12.7. The minimum Gasteiger partial charge on any atom is -0.366 e. The molecule has 7 heteroatoms. The Labute approximate surface area is 128 Å². The van der Waals surface area contributed by atoms with Crippen LogP contribution < -0.4 is 10.2 Å². The Kier molecular flexibility index (Phi) is 5.07. The van der Waals surface area contributed by atoms with E-state index in [1.165, 1.54) is 6.07 Å². The Balaban J connectivity index is 2.31. The van der Waals surface area contributed by atoms with Crippen LogP contribution in [0.15, 0.2) is 12.1 Å². The van der Waals surface area contributed by atoms with Gasteiger partial charge in [0.2, 0.25) is 0 Å². The van der Waals surface area contributed by atoms with E-state index in [1.807, 2.05) is 11.9 Å². The van der Waals surface area contributed by atoms with E-state index in [2.05, 4.69) is 5.32 Å². The van der Waals surface area contributed by atoms with E-state index < -0.39 is 4.92 Å². The molecule has 0 aromatic heterocycles. The monoisotopic (exact) mass is 317 g/mol. The highest BCUT2D eigenvalue weighted by atomic mass is 35.5. The molecule has 1 unspecified atom stereocenters. The number of nitro benzene ring substituents is 1. The first-order valence-corrected chi connectivity index (χ1v) is 7.31. The van der Waals surface area contributed by atoms with Crippen LogP contribution in [0, 0.1) is 16.0 Å². The van der Waals surface area contributed by atoms with Crippen molar-refractivity contribution in [3.05, 3.63) is 32.3 Å². The van der Waals surface area contributed by atoms with Gasteiger partial charge in [-0.15, -0.1) is 0 Å². The maximum Gasteiger partial charge on any atom is 0.294 e. The van der Waals surface area contributed by atoms with Crippen LogP contribution in [0.5, 0.6) is 0 Å². The lowest BCUT2D eigenvalue weighted by Gasteiger charge is -2.34. The number of nitrogens with one attached hydrogen (secondary N) is 1. The Morgan fingerprint density at radius 3 is 2.80 bits per heavy atom. The Morgan fingerprint density at radius 2 is 2.15 bits per heavy atom. The molecule has 1 fully saturated rings. The highest BCUT2D eigenvalue weighted by Crippen LogP contribution is 2.37.